The van der Waals surface area contributed by atoms with Gasteiger partial charge in [0.2, 0.25) is 0 Å². The molecule has 19 heavy (non-hydrogen) atoms. The molecule has 0 bridgehead atoms. The van der Waals surface area contributed by atoms with Crippen LogP contribution in [0.25, 0.3) is 0 Å². The minimum Gasteiger partial charge on any atom is -0.299 e. The topological polar surface area (TPSA) is 34.1 Å². The molecule has 2 saturated carbocycles. The molecular formula is C17H24O2. The van der Waals surface area contributed by atoms with Crippen molar-refractivity contribution in [3.63, 3.8) is 0 Å². The Balaban J connectivity index is 2.04. The van der Waals surface area contributed by atoms with Gasteiger partial charge in [0, 0.05) is 24.2 Å². The van der Waals surface area contributed by atoms with Crippen LogP contribution in [0, 0.1) is 22.7 Å². The normalized spacial score (nSPS) is 46.4. The third-order valence-electron chi connectivity index (χ3n) is 6.19. The standard InChI is InChI=1S/C17H24O2/c1-11-4-5-12-15-13(18)7-9-17(15,3)14(19)10-16(12,2)8-6-11/h6,12,15H,4-5,7-10H2,1-3H3/t12-,15+,16-,17+/m1/s1. The minimum atomic E-state index is -0.348. The Labute approximate surface area is 115 Å². The van der Waals surface area contributed by atoms with Crippen LogP contribution in [0.15, 0.2) is 11.6 Å². The lowest BCUT2D eigenvalue weighted by atomic mass is 9.52. The molecule has 4 atom stereocenters. The van der Waals surface area contributed by atoms with Crippen molar-refractivity contribution in [2.24, 2.45) is 22.7 Å². The number of hydrogen-bond donors (Lipinski definition) is 0. The molecule has 0 saturated heterocycles. The fourth-order valence-corrected chi connectivity index (χ4v) is 4.76. The molecule has 2 nitrogen and oxygen atoms in total. The van der Waals surface area contributed by atoms with Crippen LogP contribution in [0.1, 0.15) is 59.3 Å². The first-order valence-corrected chi connectivity index (χ1v) is 7.58. The number of fused-ring (bicyclic) bond motifs is 3. The van der Waals surface area contributed by atoms with Crippen LogP contribution in [-0.4, -0.2) is 11.6 Å². The van der Waals surface area contributed by atoms with Crippen LogP contribution in [-0.2, 0) is 9.59 Å². The van der Waals surface area contributed by atoms with Gasteiger partial charge in [-0.1, -0.05) is 25.5 Å². The van der Waals surface area contributed by atoms with Crippen LogP contribution in [0.4, 0.5) is 0 Å². The number of hydrogen-bond acceptors (Lipinski definition) is 2. The summed E-state index contributed by atoms with van der Waals surface area (Å²) < 4.78 is 0. The fourth-order valence-electron chi connectivity index (χ4n) is 4.76. The molecule has 2 heteroatoms. The molecule has 0 amide bonds. The summed E-state index contributed by atoms with van der Waals surface area (Å²) in [6.45, 7) is 6.46. The van der Waals surface area contributed by atoms with Crippen molar-refractivity contribution < 1.29 is 9.59 Å². The Kier molecular flexibility index (Phi) is 2.78. The molecule has 3 aliphatic carbocycles. The zero-order valence-corrected chi connectivity index (χ0v) is 12.3. The molecule has 0 N–H and O–H groups in total. The van der Waals surface area contributed by atoms with Crippen LogP contribution in [0.2, 0.25) is 0 Å². The van der Waals surface area contributed by atoms with Crippen LogP contribution < -0.4 is 0 Å². The van der Waals surface area contributed by atoms with E-state index in [4.69, 9.17) is 0 Å². The van der Waals surface area contributed by atoms with E-state index < -0.39 is 0 Å². The van der Waals surface area contributed by atoms with E-state index in [1.807, 2.05) is 0 Å². The van der Waals surface area contributed by atoms with Gasteiger partial charge in [0.05, 0.1) is 0 Å². The number of Topliss-reactive ketones (excluding diaryl/α,β-unsaturated/α-hetero) is 2. The zero-order valence-electron chi connectivity index (χ0n) is 12.3. The number of carbonyl (C=O) groups excluding carboxylic acids is 2. The van der Waals surface area contributed by atoms with Gasteiger partial charge in [-0.15, -0.1) is 0 Å². The van der Waals surface area contributed by atoms with Gasteiger partial charge < -0.3 is 0 Å². The maximum atomic E-state index is 12.6. The van der Waals surface area contributed by atoms with Gasteiger partial charge in [-0.25, -0.2) is 0 Å². The van der Waals surface area contributed by atoms with Gasteiger partial charge in [0.15, 0.2) is 0 Å². The van der Waals surface area contributed by atoms with E-state index in [0.29, 0.717) is 30.3 Å². The fraction of sp³-hybridized carbons (Fsp3) is 0.765. The maximum absolute atomic E-state index is 12.6. The summed E-state index contributed by atoms with van der Waals surface area (Å²) in [5.41, 5.74) is 1.09. The van der Waals surface area contributed by atoms with E-state index in [-0.39, 0.29) is 16.7 Å². The van der Waals surface area contributed by atoms with E-state index in [1.54, 1.807) is 0 Å². The average Bonchev–Trinajstić information content (AvgIpc) is 2.57. The number of ketones is 2. The largest absolute Gasteiger partial charge is 0.299 e. The average molecular weight is 260 g/mol. The van der Waals surface area contributed by atoms with Crippen LogP contribution in [0.3, 0.4) is 0 Å². The summed E-state index contributed by atoms with van der Waals surface area (Å²) in [7, 11) is 0. The van der Waals surface area contributed by atoms with E-state index >= 15 is 0 Å². The van der Waals surface area contributed by atoms with E-state index in [1.165, 1.54) is 5.57 Å². The van der Waals surface area contributed by atoms with Crippen molar-refractivity contribution in [2.75, 3.05) is 0 Å². The number of allylic oxidation sites excluding steroid dienone is 2. The second-order valence-corrected chi connectivity index (χ2v) is 7.52. The molecule has 0 aromatic carbocycles. The Morgan fingerprint density at radius 1 is 1.21 bits per heavy atom. The predicted molar refractivity (Wildman–Crippen MR) is 74.7 cm³/mol. The van der Waals surface area contributed by atoms with Crippen LogP contribution >= 0.6 is 0 Å². The Morgan fingerprint density at radius 2 is 1.95 bits per heavy atom. The zero-order chi connectivity index (χ0) is 13.8. The Hall–Kier alpha value is -0.920. The molecule has 0 spiro atoms. The highest BCUT2D eigenvalue weighted by Gasteiger charge is 2.60. The molecule has 0 unspecified atom stereocenters. The summed E-state index contributed by atoms with van der Waals surface area (Å²) in [6, 6.07) is 0. The number of rotatable bonds is 0. The molecule has 0 radical (unpaired) electrons. The summed E-state index contributed by atoms with van der Waals surface area (Å²) in [5.74, 6) is 1.10. The molecule has 0 heterocycles. The van der Waals surface area contributed by atoms with Crippen molar-refractivity contribution in [2.45, 2.75) is 59.3 Å². The summed E-state index contributed by atoms with van der Waals surface area (Å²) in [4.78, 5) is 25.0. The third kappa shape index (κ3) is 1.75. The monoisotopic (exact) mass is 260 g/mol. The second-order valence-electron chi connectivity index (χ2n) is 7.52. The smallest absolute Gasteiger partial charge is 0.140 e. The molecule has 0 aliphatic heterocycles. The molecule has 3 aliphatic rings. The van der Waals surface area contributed by atoms with Gasteiger partial charge in [0.1, 0.15) is 11.6 Å². The van der Waals surface area contributed by atoms with Gasteiger partial charge in [-0.05, 0) is 43.9 Å². The first kappa shape index (κ1) is 13.1. The van der Waals surface area contributed by atoms with E-state index in [9.17, 15) is 9.59 Å². The Morgan fingerprint density at radius 3 is 2.68 bits per heavy atom. The lowest BCUT2D eigenvalue weighted by molar-refractivity contribution is -0.149. The van der Waals surface area contributed by atoms with Crippen molar-refractivity contribution in [1.82, 2.24) is 0 Å². The van der Waals surface area contributed by atoms with E-state index in [0.717, 1.165) is 25.7 Å². The quantitative estimate of drug-likeness (QED) is 0.622. The van der Waals surface area contributed by atoms with Crippen molar-refractivity contribution in [3.05, 3.63) is 11.6 Å². The SMILES string of the molecule is CC1=CC[C@]2(C)CC(=O)[C@]3(C)CCC(=O)[C@@H]3[C@H]2CC1. The van der Waals surface area contributed by atoms with Crippen molar-refractivity contribution >= 4 is 11.6 Å². The van der Waals surface area contributed by atoms with Gasteiger partial charge in [0.25, 0.3) is 0 Å². The first-order chi connectivity index (χ1) is 8.87. The maximum Gasteiger partial charge on any atom is 0.140 e. The van der Waals surface area contributed by atoms with Crippen LogP contribution in [0.5, 0.6) is 0 Å². The summed E-state index contributed by atoms with van der Waals surface area (Å²) in [6.07, 6.45) is 7.51. The molecule has 104 valence electrons. The highest BCUT2D eigenvalue weighted by molar-refractivity contribution is 5.97. The second kappa shape index (κ2) is 4.04. The predicted octanol–water partition coefficient (Wildman–Crippen LogP) is 3.70. The van der Waals surface area contributed by atoms with Gasteiger partial charge >= 0.3 is 0 Å². The molecule has 2 fully saturated rings. The van der Waals surface area contributed by atoms with Crippen molar-refractivity contribution in [3.8, 4) is 0 Å². The van der Waals surface area contributed by atoms with E-state index in [2.05, 4.69) is 26.8 Å². The summed E-state index contributed by atoms with van der Waals surface area (Å²) >= 11 is 0. The first-order valence-electron chi connectivity index (χ1n) is 7.58. The Bertz CT molecular complexity index is 476. The van der Waals surface area contributed by atoms with Gasteiger partial charge in [-0.2, -0.15) is 0 Å². The molecule has 0 aromatic rings. The number of carbonyl (C=O) groups is 2. The molecule has 3 rings (SSSR count). The van der Waals surface area contributed by atoms with Crippen molar-refractivity contribution in [1.29, 1.82) is 0 Å². The lowest BCUT2D eigenvalue weighted by Gasteiger charge is -2.49. The third-order valence-corrected chi connectivity index (χ3v) is 6.19. The lowest BCUT2D eigenvalue weighted by Crippen LogP contribution is -2.51. The summed E-state index contributed by atoms with van der Waals surface area (Å²) in [5, 5.41) is 0. The minimum absolute atomic E-state index is 0.00181. The highest BCUT2D eigenvalue weighted by Crippen LogP contribution is 2.60. The molecule has 0 aromatic heterocycles. The van der Waals surface area contributed by atoms with Gasteiger partial charge in [-0.3, -0.25) is 9.59 Å². The molecular weight excluding hydrogens is 236 g/mol. The highest BCUT2D eigenvalue weighted by atomic mass is 16.1.